The molecule has 2 aromatic carbocycles. The summed E-state index contributed by atoms with van der Waals surface area (Å²) in [6.45, 7) is 0. The van der Waals surface area contributed by atoms with Crippen molar-refractivity contribution in [2.24, 2.45) is 5.73 Å². The van der Waals surface area contributed by atoms with Crippen molar-refractivity contribution in [1.29, 1.82) is 0 Å². The smallest absolute Gasteiger partial charge is 0.0742 e. The van der Waals surface area contributed by atoms with Gasteiger partial charge in [-0.3, -0.25) is 4.98 Å². The summed E-state index contributed by atoms with van der Waals surface area (Å²) < 4.78 is 3.00. The van der Waals surface area contributed by atoms with E-state index >= 15 is 0 Å². The number of hydrogen-bond acceptors (Lipinski definition) is 3. The predicted octanol–water partition coefficient (Wildman–Crippen LogP) is 4.85. The number of pyridine rings is 1. The van der Waals surface area contributed by atoms with Gasteiger partial charge in [-0.15, -0.1) is 12.4 Å². The monoisotopic (exact) mass is 428 g/mol. The van der Waals surface area contributed by atoms with Crippen LogP contribution in [0.3, 0.4) is 0 Å². The van der Waals surface area contributed by atoms with Crippen molar-refractivity contribution in [3.8, 4) is 5.69 Å². The normalized spacial score (nSPS) is 11.9. The summed E-state index contributed by atoms with van der Waals surface area (Å²) in [6, 6.07) is 20.1. The molecule has 0 radical (unpaired) electrons. The molecule has 132 valence electrons. The largest absolute Gasteiger partial charge is 0.324 e. The Kier molecular flexibility index (Phi) is 5.71. The summed E-state index contributed by atoms with van der Waals surface area (Å²) in [7, 11) is 0. The van der Waals surface area contributed by atoms with Crippen LogP contribution in [-0.4, -0.2) is 14.8 Å². The fraction of sp³-hybridized carbons (Fsp3) is 0.100. The van der Waals surface area contributed by atoms with Gasteiger partial charge < -0.3 is 5.73 Å². The molecule has 1 atom stereocenters. The number of aromatic nitrogens is 3. The van der Waals surface area contributed by atoms with Gasteiger partial charge in [0.25, 0.3) is 0 Å². The number of para-hydroxylation sites is 1. The lowest BCUT2D eigenvalue weighted by atomic mass is 10.0. The van der Waals surface area contributed by atoms with Gasteiger partial charge in [0.05, 0.1) is 17.4 Å². The Bertz CT molecular complexity index is 1020. The summed E-state index contributed by atoms with van der Waals surface area (Å²) in [4.78, 5) is 4.39. The summed E-state index contributed by atoms with van der Waals surface area (Å²) in [5.74, 6) is 0. The lowest BCUT2D eigenvalue weighted by Crippen LogP contribution is -2.17. The molecule has 2 aromatic heterocycles. The molecule has 0 unspecified atom stereocenters. The van der Waals surface area contributed by atoms with Crippen molar-refractivity contribution >= 4 is 39.2 Å². The van der Waals surface area contributed by atoms with Gasteiger partial charge in [-0.05, 0) is 42.0 Å². The minimum absolute atomic E-state index is 0. The van der Waals surface area contributed by atoms with Crippen LogP contribution in [0.4, 0.5) is 0 Å². The van der Waals surface area contributed by atoms with Gasteiger partial charge in [0.2, 0.25) is 0 Å². The Hall–Kier alpha value is -2.21. The van der Waals surface area contributed by atoms with E-state index in [1.54, 1.807) is 6.20 Å². The Morgan fingerprint density at radius 2 is 1.85 bits per heavy atom. The summed E-state index contributed by atoms with van der Waals surface area (Å²) in [5, 5.41) is 5.67. The van der Waals surface area contributed by atoms with Gasteiger partial charge in [0, 0.05) is 34.2 Å². The van der Waals surface area contributed by atoms with Gasteiger partial charge in [0.1, 0.15) is 0 Å². The highest BCUT2D eigenvalue weighted by Crippen LogP contribution is 2.27. The lowest BCUT2D eigenvalue weighted by molar-refractivity contribution is 0.696. The van der Waals surface area contributed by atoms with Gasteiger partial charge >= 0.3 is 0 Å². The van der Waals surface area contributed by atoms with Crippen molar-refractivity contribution < 1.29 is 0 Å². The maximum absolute atomic E-state index is 6.51. The predicted molar refractivity (Wildman–Crippen MR) is 111 cm³/mol. The molecule has 0 fully saturated rings. The second-order valence-corrected chi connectivity index (χ2v) is 6.87. The van der Waals surface area contributed by atoms with Crippen molar-refractivity contribution in [2.45, 2.75) is 12.5 Å². The first kappa shape index (κ1) is 18.6. The quantitative estimate of drug-likeness (QED) is 0.504. The molecular formula is C20H18BrClN4. The minimum atomic E-state index is -0.152. The highest BCUT2D eigenvalue weighted by Gasteiger charge is 2.15. The summed E-state index contributed by atoms with van der Waals surface area (Å²) in [5.41, 5.74) is 10.6. The van der Waals surface area contributed by atoms with E-state index in [9.17, 15) is 0 Å². The van der Waals surface area contributed by atoms with Crippen molar-refractivity contribution in [3.05, 3.63) is 88.8 Å². The molecule has 0 saturated carbocycles. The Balaban J connectivity index is 0.00000196. The van der Waals surface area contributed by atoms with Crippen LogP contribution in [0, 0.1) is 0 Å². The molecule has 0 aliphatic rings. The van der Waals surface area contributed by atoms with E-state index in [2.05, 4.69) is 50.3 Å². The van der Waals surface area contributed by atoms with Crippen molar-refractivity contribution in [2.75, 3.05) is 0 Å². The topological polar surface area (TPSA) is 56.7 Å². The zero-order valence-corrected chi connectivity index (χ0v) is 16.3. The Morgan fingerprint density at radius 3 is 2.65 bits per heavy atom. The molecule has 2 heterocycles. The van der Waals surface area contributed by atoms with Crippen molar-refractivity contribution in [3.63, 3.8) is 0 Å². The Labute approximate surface area is 166 Å². The van der Waals surface area contributed by atoms with Crippen LogP contribution in [0.5, 0.6) is 0 Å². The average Bonchev–Trinajstić information content (AvgIpc) is 3.05. The van der Waals surface area contributed by atoms with Crippen LogP contribution in [0.15, 0.2) is 77.5 Å². The summed E-state index contributed by atoms with van der Waals surface area (Å²) >= 11 is 3.51. The molecule has 0 aliphatic carbocycles. The first-order valence-electron chi connectivity index (χ1n) is 8.10. The van der Waals surface area contributed by atoms with Crippen LogP contribution in [-0.2, 0) is 6.42 Å². The van der Waals surface area contributed by atoms with Crippen LogP contribution in [0.1, 0.15) is 17.3 Å². The molecule has 0 aliphatic heterocycles. The van der Waals surface area contributed by atoms with E-state index in [0.717, 1.165) is 32.3 Å². The maximum Gasteiger partial charge on any atom is 0.0742 e. The lowest BCUT2D eigenvalue weighted by Gasteiger charge is -2.17. The van der Waals surface area contributed by atoms with E-state index in [1.807, 2.05) is 47.3 Å². The molecule has 6 heteroatoms. The number of halogens is 2. The first-order chi connectivity index (χ1) is 12.2. The number of hydrogen-bond donors (Lipinski definition) is 1. The second-order valence-electron chi connectivity index (χ2n) is 5.95. The number of nitrogens with zero attached hydrogens (tertiary/aromatic N) is 3. The van der Waals surface area contributed by atoms with Crippen LogP contribution < -0.4 is 5.73 Å². The van der Waals surface area contributed by atoms with E-state index in [1.165, 1.54) is 0 Å². The van der Waals surface area contributed by atoms with E-state index < -0.39 is 0 Å². The van der Waals surface area contributed by atoms with Crippen molar-refractivity contribution in [1.82, 2.24) is 14.8 Å². The zero-order valence-electron chi connectivity index (χ0n) is 13.9. The number of benzene rings is 2. The third kappa shape index (κ3) is 3.65. The molecule has 0 spiro atoms. The van der Waals surface area contributed by atoms with E-state index in [0.29, 0.717) is 6.42 Å². The highest BCUT2D eigenvalue weighted by molar-refractivity contribution is 9.10. The molecule has 0 amide bonds. The second kappa shape index (κ2) is 7.99. The Morgan fingerprint density at radius 1 is 1.04 bits per heavy atom. The standard InChI is InChI=1S/C20H17BrN4.ClH/c21-15-8-9-19-14(11-15)13-24-25(19)20-7-2-1-6-17(20)18(22)12-16-5-3-4-10-23-16;/h1-11,13,18H,12,22H2;1H/t18-;/m0./s1. The third-order valence-electron chi connectivity index (χ3n) is 4.25. The maximum atomic E-state index is 6.51. The zero-order chi connectivity index (χ0) is 17.2. The molecule has 4 aromatic rings. The van der Waals surface area contributed by atoms with Crippen LogP contribution in [0.25, 0.3) is 16.6 Å². The summed E-state index contributed by atoms with van der Waals surface area (Å²) in [6.07, 6.45) is 4.36. The van der Waals surface area contributed by atoms with Gasteiger partial charge in [0.15, 0.2) is 0 Å². The minimum Gasteiger partial charge on any atom is -0.324 e. The van der Waals surface area contributed by atoms with E-state index in [-0.39, 0.29) is 18.4 Å². The van der Waals surface area contributed by atoms with E-state index in [4.69, 9.17) is 5.73 Å². The van der Waals surface area contributed by atoms with Gasteiger partial charge in [-0.1, -0.05) is 40.2 Å². The average molecular weight is 430 g/mol. The highest BCUT2D eigenvalue weighted by atomic mass is 79.9. The molecule has 26 heavy (non-hydrogen) atoms. The number of fused-ring (bicyclic) bond motifs is 1. The van der Waals surface area contributed by atoms with Gasteiger partial charge in [-0.25, -0.2) is 4.68 Å². The molecule has 0 bridgehead atoms. The van der Waals surface area contributed by atoms with Crippen LogP contribution in [0.2, 0.25) is 0 Å². The molecule has 4 rings (SSSR count). The number of rotatable bonds is 4. The molecule has 2 N–H and O–H groups in total. The fourth-order valence-electron chi connectivity index (χ4n) is 3.04. The SMILES string of the molecule is Cl.N[C@@H](Cc1ccccn1)c1ccccc1-n1ncc2cc(Br)ccc21. The molecule has 4 nitrogen and oxygen atoms in total. The van der Waals surface area contributed by atoms with Crippen LogP contribution >= 0.6 is 28.3 Å². The van der Waals surface area contributed by atoms with Gasteiger partial charge in [-0.2, -0.15) is 5.10 Å². The third-order valence-corrected chi connectivity index (χ3v) is 4.74. The fourth-order valence-corrected chi connectivity index (χ4v) is 3.42. The first-order valence-corrected chi connectivity index (χ1v) is 8.90. The number of nitrogens with two attached hydrogens (primary N) is 1. The molecular weight excluding hydrogens is 412 g/mol. The molecule has 0 saturated heterocycles.